The maximum Gasteiger partial charge on any atom is 0.248 e. The van der Waals surface area contributed by atoms with E-state index in [0.717, 1.165) is 29.3 Å². The van der Waals surface area contributed by atoms with Crippen LogP contribution in [-0.2, 0) is 10.2 Å². The van der Waals surface area contributed by atoms with Gasteiger partial charge in [0.2, 0.25) is 11.8 Å². The summed E-state index contributed by atoms with van der Waals surface area (Å²) in [6, 6.07) is 7.71. The van der Waals surface area contributed by atoms with Gasteiger partial charge in [-0.25, -0.2) is 0 Å². The van der Waals surface area contributed by atoms with Crippen LogP contribution in [0.1, 0.15) is 49.5 Å². The van der Waals surface area contributed by atoms with Crippen molar-refractivity contribution < 1.29 is 9.32 Å². The summed E-state index contributed by atoms with van der Waals surface area (Å²) in [6.45, 7) is 3.62. The number of hydrogen-bond acceptors (Lipinski definition) is 4. The van der Waals surface area contributed by atoms with E-state index >= 15 is 0 Å². The van der Waals surface area contributed by atoms with Gasteiger partial charge in [0, 0.05) is 4.47 Å². The van der Waals surface area contributed by atoms with Crippen LogP contribution in [0.15, 0.2) is 33.3 Å². The number of rotatable bonds is 4. The predicted octanol–water partition coefficient (Wildman–Crippen LogP) is 3.44. The third-order valence-electron chi connectivity index (χ3n) is 4.30. The number of aromatic nitrogens is 2. The standard InChI is InChI=1S/C16H18BrN3O2/c1-10(14-19-11(2)20-22-14)18-15(21)16(8-3-9-16)12-4-6-13(17)7-5-12/h4-7,10H,3,8-9H2,1-2H3,(H,18,21). The largest absolute Gasteiger partial charge is 0.344 e. The number of halogens is 1. The molecule has 3 rings (SSSR count). The topological polar surface area (TPSA) is 68.0 Å². The molecule has 6 heteroatoms. The van der Waals surface area contributed by atoms with Crippen LogP contribution >= 0.6 is 15.9 Å². The number of carbonyl (C=O) groups is 1. The third kappa shape index (κ3) is 2.67. The van der Waals surface area contributed by atoms with Crippen LogP contribution in [0, 0.1) is 6.92 Å². The van der Waals surface area contributed by atoms with E-state index in [1.165, 1.54) is 0 Å². The van der Waals surface area contributed by atoms with E-state index in [-0.39, 0.29) is 11.9 Å². The highest BCUT2D eigenvalue weighted by Gasteiger charge is 2.46. The Morgan fingerprint density at radius 1 is 1.36 bits per heavy atom. The molecule has 1 aliphatic rings. The molecule has 1 N–H and O–H groups in total. The van der Waals surface area contributed by atoms with Gasteiger partial charge in [-0.1, -0.05) is 39.6 Å². The second-order valence-corrected chi connectivity index (χ2v) is 6.73. The Hall–Kier alpha value is -1.69. The van der Waals surface area contributed by atoms with Gasteiger partial charge in [-0.3, -0.25) is 4.79 Å². The lowest BCUT2D eigenvalue weighted by Gasteiger charge is -2.41. The number of benzene rings is 1. The molecule has 0 saturated heterocycles. The normalized spacial score (nSPS) is 17.6. The molecule has 1 aliphatic carbocycles. The van der Waals surface area contributed by atoms with Crippen molar-refractivity contribution in [1.29, 1.82) is 0 Å². The SMILES string of the molecule is Cc1noc(C(C)NC(=O)C2(c3ccc(Br)cc3)CCC2)n1. The summed E-state index contributed by atoms with van der Waals surface area (Å²) in [5.41, 5.74) is 0.637. The van der Waals surface area contributed by atoms with Crippen molar-refractivity contribution in [3.05, 3.63) is 46.0 Å². The Bertz CT molecular complexity index is 677. The van der Waals surface area contributed by atoms with E-state index in [2.05, 4.69) is 31.4 Å². The minimum Gasteiger partial charge on any atom is -0.344 e. The molecule has 1 atom stereocenters. The van der Waals surface area contributed by atoms with E-state index in [0.29, 0.717) is 11.7 Å². The molecule has 1 fully saturated rings. The Kier molecular flexibility index (Phi) is 4.04. The van der Waals surface area contributed by atoms with Gasteiger partial charge in [-0.15, -0.1) is 0 Å². The van der Waals surface area contributed by atoms with E-state index in [1.807, 2.05) is 31.2 Å². The fourth-order valence-corrected chi connectivity index (χ4v) is 3.10. The average molecular weight is 364 g/mol. The lowest BCUT2D eigenvalue weighted by Crippen LogP contribution is -2.49. The van der Waals surface area contributed by atoms with E-state index in [4.69, 9.17) is 4.52 Å². The van der Waals surface area contributed by atoms with Gasteiger partial charge in [-0.2, -0.15) is 4.98 Å². The number of amides is 1. The zero-order chi connectivity index (χ0) is 15.7. The van der Waals surface area contributed by atoms with Crippen molar-refractivity contribution in [3.8, 4) is 0 Å². The van der Waals surface area contributed by atoms with Gasteiger partial charge in [0.1, 0.15) is 6.04 Å². The van der Waals surface area contributed by atoms with Crippen LogP contribution in [0.3, 0.4) is 0 Å². The first-order chi connectivity index (χ1) is 10.5. The Balaban J connectivity index is 1.78. The van der Waals surface area contributed by atoms with Gasteiger partial charge in [0.25, 0.3) is 0 Å². The van der Waals surface area contributed by atoms with Crippen molar-refractivity contribution in [2.24, 2.45) is 0 Å². The summed E-state index contributed by atoms with van der Waals surface area (Å²) >= 11 is 3.43. The van der Waals surface area contributed by atoms with Crippen LogP contribution in [0.2, 0.25) is 0 Å². The molecular formula is C16H18BrN3O2. The molecule has 116 valence electrons. The first-order valence-corrected chi connectivity index (χ1v) is 8.18. The van der Waals surface area contributed by atoms with Crippen molar-refractivity contribution in [3.63, 3.8) is 0 Å². The lowest BCUT2D eigenvalue weighted by atomic mass is 9.63. The van der Waals surface area contributed by atoms with Crippen molar-refractivity contribution in [1.82, 2.24) is 15.5 Å². The van der Waals surface area contributed by atoms with E-state index in [1.54, 1.807) is 6.92 Å². The van der Waals surface area contributed by atoms with Crippen LogP contribution in [0.25, 0.3) is 0 Å². The van der Waals surface area contributed by atoms with Gasteiger partial charge in [0.05, 0.1) is 5.41 Å². The first kappa shape index (κ1) is 15.2. The number of hydrogen-bond donors (Lipinski definition) is 1. The smallest absolute Gasteiger partial charge is 0.248 e. The van der Waals surface area contributed by atoms with Crippen molar-refractivity contribution in [2.45, 2.75) is 44.6 Å². The summed E-state index contributed by atoms with van der Waals surface area (Å²) in [4.78, 5) is 17.0. The second kappa shape index (κ2) is 5.83. The lowest BCUT2D eigenvalue weighted by molar-refractivity contribution is -0.130. The Labute approximate surface area is 137 Å². The summed E-state index contributed by atoms with van der Waals surface area (Å²) in [7, 11) is 0. The van der Waals surface area contributed by atoms with E-state index in [9.17, 15) is 4.79 Å². The van der Waals surface area contributed by atoms with Crippen LogP contribution in [0.5, 0.6) is 0 Å². The maximum atomic E-state index is 12.8. The highest BCUT2D eigenvalue weighted by Crippen LogP contribution is 2.44. The third-order valence-corrected chi connectivity index (χ3v) is 4.83. The molecule has 2 aromatic rings. The quantitative estimate of drug-likeness (QED) is 0.903. The number of nitrogens with zero attached hydrogens (tertiary/aromatic N) is 2. The molecule has 1 aromatic carbocycles. The zero-order valence-corrected chi connectivity index (χ0v) is 14.2. The maximum absolute atomic E-state index is 12.8. The van der Waals surface area contributed by atoms with Gasteiger partial charge in [0.15, 0.2) is 5.82 Å². The van der Waals surface area contributed by atoms with Crippen LogP contribution in [-0.4, -0.2) is 16.0 Å². The fraction of sp³-hybridized carbons (Fsp3) is 0.438. The van der Waals surface area contributed by atoms with Crippen molar-refractivity contribution in [2.75, 3.05) is 0 Å². The molecule has 0 spiro atoms. The minimum atomic E-state index is -0.427. The monoisotopic (exact) mass is 363 g/mol. The molecule has 1 heterocycles. The molecule has 22 heavy (non-hydrogen) atoms. The summed E-state index contributed by atoms with van der Waals surface area (Å²) in [5.74, 6) is 1.04. The first-order valence-electron chi connectivity index (χ1n) is 7.38. The Morgan fingerprint density at radius 2 is 2.05 bits per heavy atom. The minimum absolute atomic E-state index is 0.0319. The molecule has 1 unspecified atom stereocenters. The number of nitrogens with one attached hydrogen (secondary N) is 1. The molecule has 1 aromatic heterocycles. The highest BCUT2D eigenvalue weighted by molar-refractivity contribution is 9.10. The van der Waals surface area contributed by atoms with Crippen molar-refractivity contribution >= 4 is 21.8 Å². The van der Waals surface area contributed by atoms with Gasteiger partial charge in [-0.05, 0) is 44.4 Å². The molecule has 1 amide bonds. The summed E-state index contributed by atoms with van der Waals surface area (Å²) in [5, 5.41) is 6.79. The molecule has 5 nitrogen and oxygen atoms in total. The van der Waals surface area contributed by atoms with Crippen LogP contribution in [0.4, 0.5) is 0 Å². The number of aryl methyl sites for hydroxylation is 1. The molecule has 1 saturated carbocycles. The Morgan fingerprint density at radius 3 is 2.55 bits per heavy atom. The molecular weight excluding hydrogens is 346 g/mol. The average Bonchev–Trinajstić information content (AvgIpc) is 2.86. The molecule has 0 radical (unpaired) electrons. The van der Waals surface area contributed by atoms with Gasteiger partial charge < -0.3 is 9.84 Å². The fourth-order valence-electron chi connectivity index (χ4n) is 2.83. The zero-order valence-electron chi connectivity index (χ0n) is 12.6. The van der Waals surface area contributed by atoms with Crippen LogP contribution < -0.4 is 5.32 Å². The highest BCUT2D eigenvalue weighted by atomic mass is 79.9. The predicted molar refractivity (Wildman–Crippen MR) is 85.3 cm³/mol. The number of carbonyl (C=O) groups excluding carboxylic acids is 1. The summed E-state index contributed by atoms with van der Waals surface area (Å²) < 4.78 is 6.15. The van der Waals surface area contributed by atoms with Gasteiger partial charge >= 0.3 is 0 Å². The summed E-state index contributed by atoms with van der Waals surface area (Å²) in [6.07, 6.45) is 2.81. The second-order valence-electron chi connectivity index (χ2n) is 5.82. The van der Waals surface area contributed by atoms with E-state index < -0.39 is 5.41 Å². The molecule has 0 aliphatic heterocycles. The molecule has 0 bridgehead atoms.